The Bertz CT molecular complexity index is 505. The SMILES string of the molecule is C=CCN1C(=O)CS/C1=N\N=C(\C)c1ccco1. The summed E-state index contributed by atoms with van der Waals surface area (Å²) in [6.07, 6.45) is 3.25. The lowest BCUT2D eigenvalue weighted by atomic mass is 10.3. The lowest BCUT2D eigenvalue weighted by Gasteiger charge is -2.11. The maximum Gasteiger partial charge on any atom is 0.239 e. The fraction of sp³-hybridized carbons (Fsp3) is 0.250. The van der Waals surface area contributed by atoms with Crippen molar-refractivity contribution in [1.29, 1.82) is 0 Å². The van der Waals surface area contributed by atoms with Crippen molar-refractivity contribution >= 4 is 28.5 Å². The summed E-state index contributed by atoms with van der Waals surface area (Å²) in [5, 5.41) is 8.77. The summed E-state index contributed by atoms with van der Waals surface area (Å²) >= 11 is 1.38. The minimum atomic E-state index is 0.0319. The second kappa shape index (κ2) is 5.68. The summed E-state index contributed by atoms with van der Waals surface area (Å²) in [5.74, 6) is 1.11. The molecular weight excluding hydrogens is 250 g/mol. The first-order chi connectivity index (χ1) is 8.72. The van der Waals surface area contributed by atoms with Crippen LogP contribution in [0, 0.1) is 0 Å². The second-order valence-corrected chi connectivity index (χ2v) is 4.57. The van der Waals surface area contributed by atoms with Crippen molar-refractivity contribution in [3.63, 3.8) is 0 Å². The van der Waals surface area contributed by atoms with Crippen molar-refractivity contribution in [2.45, 2.75) is 6.92 Å². The van der Waals surface area contributed by atoms with Gasteiger partial charge in [0.2, 0.25) is 5.91 Å². The molecule has 94 valence electrons. The third kappa shape index (κ3) is 2.70. The van der Waals surface area contributed by atoms with E-state index >= 15 is 0 Å². The molecule has 0 bridgehead atoms. The van der Waals surface area contributed by atoms with E-state index in [0.29, 0.717) is 28.9 Å². The van der Waals surface area contributed by atoms with Crippen LogP contribution in [0.3, 0.4) is 0 Å². The number of hydrogen-bond acceptors (Lipinski definition) is 5. The molecule has 0 spiro atoms. The second-order valence-electron chi connectivity index (χ2n) is 3.63. The van der Waals surface area contributed by atoms with E-state index in [1.165, 1.54) is 11.8 Å². The summed E-state index contributed by atoms with van der Waals surface area (Å²) in [5.41, 5.74) is 0.672. The molecule has 0 atom stereocenters. The molecule has 0 N–H and O–H groups in total. The van der Waals surface area contributed by atoms with Crippen LogP contribution in [0.25, 0.3) is 0 Å². The number of thioether (sulfide) groups is 1. The highest BCUT2D eigenvalue weighted by atomic mass is 32.2. The fourth-order valence-corrected chi connectivity index (χ4v) is 2.27. The molecule has 1 fully saturated rings. The zero-order valence-electron chi connectivity index (χ0n) is 10.00. The quantitative estimate of drug-likeness (QED) is 0.475. The molecule has 1 aliphatic heterocycles. The third-order valence-corrected chi connectivity index (χ3v) is 3.28. The molecule has 2 heterocycles. The Kier molecular flexibility index (Phi) is 3.99. The van der Waals surface area contributed by atoms with Gasteiger partial charge in [0.05, 0.1) is 12.0 Å². The van der Waals surface area contributed by atoms with Crippen LogP contribution in [-0.2, 0) is 4.79 Å². The molecule has 1 amide bonds. The molecule has 0 saturated carbocycles. The van der Waals surface area contributed by atoms with E-state index in [-0.39, 0.29) is 5.91 Å². The summed E-state index contributed by atoms with van der Waals surface area (Å²) in [4.78, 5) is 13.1. The standard InChI is InChI=1S/C12H13N3O2S/c1-3-6-15-11(16)8-18-12(15)14-13-9(2)10-5-4-7-17-10/h3-5,7H,1,6,8H2,2H3/b13-9-,14-12-. The van der Waals surface area contributed by atoms with E-state index in [4.69, 9.17) is 4.42 Å². The molecule has 0 radical (unpaired) electrons. The van der Waals surface area contributed by atoms with Gasteiger partial charge in [-0.2, -0.15) is 0 Å². The van der Waals surface area contributed by atoms with Crippen molar-refractivity contribution in [2.24, 2.45) is 10.2 Å². The van der Waals surface area contributed by atoms with E-state index in [0.717, 1.165) is 0 Å². The van der Waals surface area contributed by atoms with Gasteiger partial charge in [0, 0.05) is 6.54 Å². The van der Waals surface area contributed by atoms with Gasteiger partial charge in [0.1, 0.15) is 11.5 Å². The van der Waals surface area contributed by atoms with Gasteiger partial charge in [-0.05, 0) is 19.1 Å². The number of carbonyl (C=O) groups excluding carboxylic acids is 1. The molecule has 0 aromatic carbocycles. The number of amides is 1. The van der Waals surface area contributed by atoms with Crippen LogP contribution >= 0.6 is 11.8 Å². The van der Waals surface area contributed by atoms with Gasteiger partial charge in [-0.25, -0.2) is 0 Å². The van der Waals surface area contributed by atoms with Crippen molar-refractivity contribution in [1.82, 2.24) is 4.90 Å². The van der Waals surface area contributed by atoms with Crippen LogP contribution < -0.4 is 0 Å². The minimum absolute atomic E-state index is 0.0319. The molecule has 1 aliphatic rings. The van der Waals surface area contributed by atoms with Crippen LogP contribution in [0.15, 0.2) is 45.7 Å². The van der Waals surface area contributed by atoms with Gasteiger partial charge < -0.3 is 4.42 Å². The van der Waals surface area contributed by atoms with Crippen molar-refractivity contribution < 1.29 is 9.21 Å². The van der Waals surface area contributed by atoms with Gasteiger partial charge in [0.25, 0.3) is 0 Å². The van der Waals surface area contributed by atoms with Crippen LogP contribution in [0.1, 0.15) is 12.7 Å². The molecule has 0 aliphatic carbocycles. The number of furan rings is 1. The minimum Gasteiger partial charge on any atom is -0.463 e. The summed E-state index contributed by atoms with van der Waals surface area (Å²) in [6, 6.07) is 3.60. The lowest BCUT2D eigenvalue weighted by Crippen LogP contribution is -2.29. The Labute approximate surface area is 109 Å². The molecule has 2 rings (SSSR count). The van der Waals surface area contributed by atoms with Crippen molar-refractivity contribution in [2.75, 3.05) is 12.3 Å². The largest absolute Gasteiger partial charge is 0.463 e. The molecule has 1 aromatic heterocycles. The average molecular weight is 263 g/mol. The zero-order chi connectivity index (χ0) is 13.0. The normalized spacial score (nSPS) is 18.7. The van der Waals surface area contributed by atoms with E-state index in [9.17, 15) is 4.79 Å². The smallest absolute Gasteiger partial charge is 0.239 e. The van der Waals surface area contributed by atoms with Crippen LogP contribution in [0.2, 0.25) is 0 Å². The number of nitrogens with zero attached hydrogens (tertiary/aromatic N) is 3. The lowest BCUT2D eigenvalue weighted by molar-refractivity contribution is -0.123. The third-order valence-electron chi connectivity index (χ3n) is 2.33. The van der Waals surface area contributed by atoms with Crippen LogP contribution in [-0.4, -0.2) is 34.0 Å². The number of rotatable bonds is 4. The topological polar surface area (TPSA) is 58.2 Å². The Morgan fingerprint density at radius 2 is 2.56 bits per heavy atom. The molecule has 0 unspecified atom stereocenters. The molecular formula is C12H13N3O2S. The maximum atomic E-state index is 11.6. The van der Waals surface area contributed by atoms with E-state index in [2.05, 4.69) is 16.8 Å². The highest BCUT2D eigenvalue weighted by Crippen LogP contribution is 2.19. The molecule has 1 aromatic rings. The van der Waals surface area contributed by atoms with Gasteiger partial charge >= 0.3 is 0 Å². The number of carbonyl (C=O) groups is 1. The van der Waals surface area contributed by atoms with Crippen LogP contribution in [0.4, 0.5) is 0 Å². The average Bonchev–Trinajstić information content (AvgIpc) is 2.99. The predicted molar refractivity (Wildman–Crippen MR) is 72.7 cm³/mol. The van der Waals surface area contributed by atoms with E-state index in [1.54, 1.807) is 23.3 Å². The predicted octanol–water partition coefficient (Wildman–Crippen LogP) is 2.12. The first-order valence-corrected chi connectivity index (χ1v) is 6.41. The Morgan fingerprint density at radius 3 is 3.22 bits per heavy atom. The fourth-order valence-electron chi connectivity index (χ4n) is 1.43. The van der Waals surface area contributed by atoms with Gasteiger partial charge in [-0.15, -0.1) is 16.8 Å². The Hall–Kier alpha value is -1.82. The van der Waals surface area contributed by atoms with Crippen molar-refractivity contribution in [3.8, 4) is 0 Å². The number of amidine groups is 1. The molecule has 18 heavy (non-hydrogen) atoms. The van der Waals surface area contributed by atoms with Crippen molar-refractivity contribution in [3.05, 3.63) is 36.8 Å². The molecule has 6 heteroatoms. The highest BCUT2D eigenvalue weighted by molar-refractivity contribution is 8.15. The summed E-state index contributed by atoms with van der Waals surface area (Å²) < 4.78 is 5.20. The van der Waals surface area contributed by atoms with E-state index < -0.39 is 0 Å². The maximum absolute atomic E-state index is 11.6. The Morgan fingerprint density at radius 1 is 1.72 bits per heavy atom. The van der Waals surface area contributed by atoms with Gasteiger partial charge in [-0.3, -0.25) is 9.69 Å². The first-order valence-electron chi connectivity index (χ1n) is 5.42. The van der Waals surface area contributed by atoms with E-state index in [1.807, 2.05) is 13.0 Å². The highest BCUT2D eigenvalue weighted by Gasteiger charge is 2.27. The zero-order valence-corrected chi connectivity index (χ0v) is 10.8. The molecule has 5 nitrogen and oxygen atoms in total. The summed E-state index contributed by atoms with van der Waals surface area (Å²) in [6.45, 7) is 5.89. The van der Waals surface area contributed by atoms with Crippen LogP contribution in [0.5, 0.6) is 0 Å². The monoisotopic (exact) mass is 263 g/mol. The first kappa shape index (κ1) is 12.6. The number of hydrogen-bond donors (Lipinski definition) is 0. The molecule has 1 saturated heterocycles. The summed E-state index contributed by atoms with van der Waals surface area (Å²) in [7, 11) is 0. The van der Waals surface area contributed by atoms with Gasteiger partial charge in [0.15, 0.2) is 5.17 Å². The Balaban J connectivity index is 2.15. The van der Waals surface area contributed by atoms with Gasteiger partial charge in [-0.1, -0.05) is 17.8 Å².